The summed E-state index contributed by atoms with van der Waals surface area (Å²) in [6, 6.07) is 11.3. The third-order valence-electron chi connectivity index (χ3n) is 3.39. The molecule has 0 bridgehead atoms. The Labute approximate surface area is 175 Å². The van der Waals surface area contributed by atoms with Crippen molar-refractivity contribution in [3.8, 4) is 12.1 Å². The molecule has 11 heteroatoms. The average molecular weight is 542 g/mol. The van der Waals surface area contributed by atoms with Gasteiger partial charge in [0.15, 0.2) is 0 Å². The average Bonchev–Trinajstić information content (AvgIpc) is 2.61. The minimum absolute atomic E-state index is 0.0360. The molecular formula is C18H10F6N2OSe2. The fourth-order valence-corrected chi connectivity index (χ4v) is 5.93. The molecule has 0 aliphatic heterocycles. The van der Waals surface area contributed by atoms with Crippen LogP contribution in [0, 0.1) is 22.7 Å². The summed E-state index contributed by atoms with van der Waals surface area (Å²) < 4.78 is 81.3. The second-order valence-corrected chi connectivity index (χ2v) is 10.0. The number of benzene rings is 2. The molecule has 2 rings (SSSR count). The summed E-state index contributed by atoms with van der Waals surface area (Å²) in [5.41, 5.74) is 0.0735. The molecule has 0 spiro atoms. The third-order valence-corrected chi connectivity index (χ3v) is 7.40. The molecule has 0 saturated heterocycles. The van der Waals surface area contributed by atoms with Gasteiger partial charge in [0.05, 0.1) is 0 Å². The van der Waals surface area contributed by atoms with Crippen LogP contribution >= 0.6 is 0 Å². The van der Waals surface area contributed by atoms with E-state index in [0.717, 1.165) is 12.1 Å². The molecule has 0 fully saturated rings. The number of nitriles is 2. The Hall–Kier alpha value is -2.00. The van der Waals surface area contributed by atoms with Crippen molar-refractivity contribution in [3.05, 3.63) is 58.7 Å². The molecule has 0 atom stereocenters. The van der Waals surface area contributed by atoms with Crippen molar-refractivity contribution >= 4 is 39.5 Å². The van der Waals surface area contributed by atoms with Gasteiger partial charge >= 0.3 is 175 Å². The normalized spacial score (nSPS) is 11.7. The van der Waals surface area contributed by atoms with Crippen molar-refractivity contribution in [1.29, 1.82) is 10.5 Å². The Morgan fingerprint density at radius 1 is 0.724 bits per heavy atom. The third kappa shape index (κ3) is 7.73. The summed E-state index contributed by atoms with van der Waals surface area (Å²) in [5.74, 6) is 0. The Morgan fingerprint density at radius 3 is 1.41 bits per heavy atom. The zero-order valence-electron chi connectivity index (χ0n) is 14.3. The molecule has 0 heterocycles. The Kier molecular flexibility index (Phi) is 7.76. The van der Waals surface area contributed by atoms with E-state index in [2.05, 4.69) is 0 Å². The van der Waals surface area contributed by atoms with Gasteiger partial charge in [0.1, 0.15) is 0 Å². The van der Waals surface area contributed by atoms with E-state index in [0.29, 0.717) is 8.92 Å². The first kappa shape index (κ1) is 23.3. The first-order valence-corrected chi connectivity index (χ1v) is 10.8. The van der Waals surface area contributed by atoms with Gasteiger partial charge in [0, 0.05) is 0 Å². The quantitative estimate of drug-likeness (QED) is 0.417. The molecule has 0 saturated carbocycles. The first-order chi connectivity index (χ1) is 13.5. The van der Waals surface area contributed by atoms with Crippen LogP contribution in [0.1, 0.15) is 22.3 Å². The van der Waals surface area contributed by atoms with Crippen LogP contribution in [0.5, 0.6) is 0 Å². The number of halogens is 6. The molecule has 0 aliphatic rings. The van der Waals surface area contributed by atoms with E-state index in [4.69, 9.17) is 13.4 Å². The van der Waals surface area contributed by atoms with Crippen molar-refractivity contribution in [3.63, 3.8) is 0 Å². The van der Waals surface area contributed by atoms with Crippen molar-refractivity contribution in [2.75, 3.05) is 0 Å². The molecular weight excluding hydrogens is 532 g/mol. The van der Waals surface area contributed by atoms with Crippen LogP contribution in [-0.4, -0.2) is 42.9 Å². The van der Waals surface area contributed by atoms with E-state index in [1.54, 1.807) is 0 Å². The van der Waals surface area contributed by atoms with Gasteiger partial charge < -0.3 is 0 Å². The Bertz CT molecular complexity index is 883. The second-order valence-electron chi connectivity index (χ2n) is 5.70. The number of hydrogen-bond acceptors (Lipinski definition) is 3. The van der Waals surface area contributed by atoms with Crippen LogP contribution in [0.15, 0.2) is 36.4 Å². The van der Waals surface area contributed by atoms with Crippen molar-refractivity contribution in [2.24, 2.45) is 0 Å². The molecule has 0 amide bonds. The minimum atomic E-state index is -4.38. The number of nitrogens with zero attached hydrogens (tertiary/aromatic N) is 2. The fraction of sp³-hybridized carbons (Fsp3) is 0.222. The number of alkyl halides is 6. The molecule has 0 radical (unpaired) electrons. The Morgan fingerprint density at radius 2 is 1.10 bits per heavy atom. The number of rotatable bonds is 6. The molecule has 0 N–H and O–H groups in total. The summed E-state index contributed by atoms with van der Waals surface area (Å²) >= 11 is -1.42. The van der Waals surface area contributed by atoms with Crippen LogP contribution in [0.3, 0.4) is 0 Å². The van der Waals surface area contributed by atoms with E-state index in [1.807, 2.05) is 12.1 Å². The molecule has 3 nitrogen and oxygen atoms in total. The van der Waals surface area contributed by atoms with Crippen molar-refractivity contribution in [1.82, 2.24) is 0 Å². The van der Waals surface area contributed by atoms with Crippen LogP contribution < -0.4 is 8.92 Å². The van der Waals surface area contributed by atoms with Crippen LogP contribution in [0.2, 0.25) is 0 Å². The van der Waals surface area contributed by atoms with Crippen LogP contribution in [0.25, 0.3) is 0 Å². The molecule has 0 aliphatic carbocycles. The molecule has 2 aromatic rings. The number of hydrogen-bond donors (Lipinski definition) is 0. The van der Waals surface area contributed by atoms with E-state index in [1.165, 1.54) is 24.3 Å². The van der Waals surface area contributed by atoms with Crippen molar-refractivity contribution < 1.29 is 29.2 Å². The molecule has 0 aromatic heterocycles. The predicted molar refractivity (Wildman–Crippen MR) is 93.7 cm³/mol. The van der Waals surface area contributed by atoms with Gasteiger partial charge in [-0.15, -0.1) is 0 Å². The molecule has 0 unspecified atom stereocenters. The van der Waals surface area contributed by atoms with Crippen LogP contribution in [-0.2, 0) is 15.7 Å². The van der Waals surface area contributed by atoms with E-state index < -0.39 is 55.8 Å². The SMILES string of the molecule is N#Cc1cc(CC(F)(F)F)ccc1[Se]O[Se]c1ccc(CC(F)(F)F)cc1C#N. The van der Waals surface area contributed by atoms with E-state index in [9.17, 15) is 26.3 Å². The molecule has 29 heavy (non-hydrogen) atoms. The second kappa shape index (κ2) is 9.67. The van der Waals surface area contributed by atoms with E-state index >= 15 is 0 Å². The summed E-state index contributed by atoms with van der Waals surface area (Å²) in [5, 5.41) is 18.3. The first-order valence-electron chi connectivity index (χ1n) is 7.71. The summed E-state index contributed by atoms with van der Waals surface area (Å²) in [4.78, 5) is 0. The van der Waals surface area contributed by atoms with Gasteiger partial charge in [-0.25, -0.2) is 0 Å². The maximum atomic E-state index is 12.5. The zero-order valence-corrected chi connectivity index (χ0v) is 17.7. The fourth-order valence-electron chi connectivity index (χ4n) is 2.25. The molecule has 152 valence electrons. The summed E-state index contributed by atoms with van der Waals surface area (Å²) in [6.07, 6.45) is -11.1. The van der Waals surface area contributed by atoms with Gasteiger partial charge in [-0.2, -0.15) is 0 Å². The maximum absolute atomic E-state index is 12.5. The summed E-state index contributed by atoms with van der Waals surface area (Å²) in [7, 11) is 0. The van der Waals surface area contributed by atoms with Gasteiger partial charge in [0.2, 0.25) is 0 Å². The van der Waals surface area contributed by atoms with Gasteiger partial charge in [-0.3, -0.25) is 0 Å². The predicted octanol–water partition coefficient (Wildman–Crippen LogP) is 2.85. The van der Waals surface area contributed by atoms with Crippen molar-refractivity contribution in [2.45, 2.75) is 25.2 Å². The molecule has 2 aromatic carbocycles. The van der Waals surface area contributed by atoms with Gasteiger partial charge in [-0.1, -0.05) is 0 Å². The Balaban J connectivity index is 2.06. The monoisotopic (exact) mass is 544 g/mol. The summed E-state index contributed by atoms with van der Waals surface area (Å²) in [6.45, 7) is 0. The zero-order chi connectivity index (χ0) is 21.7. The van der Waals surface area contributed by atoms with Crippen LogP contribution in [0.4, 0.5) is 26.3 Å². The van der Waals surface area contributed by atoms with E-state index in [-0.39, 0.29) is 22.3 Å². The topological polar surface area (TPSA) is 56.8 Å². The standard InChI is InChI=1S/C18H10F6N2OSe2/c19-17(20,21)7-11-1-3-15(13(5-11)9-25)28-27-29-16-4-2-12(6-14(16)10-26)8-18(22,23)24/h1-6H,7-8H2. The van der Waals surface area contributed by atoms with Gasteiger partial charge in [0.25, 0.3) is 0 Å². The van der Waals surface area contributed by atoms with Gasteiger partial charge in [-0.05, 0) is 0 Å².